The summed E-state index contributed by atoms with van der Waals surface area (Å²) in [6, 6.07) is 18.6. The minimum atomic E-state index is -0.128. The molecule has 1 aromatic heterocycles. The molecule has 2 amide bonds. The highest BCUT2D eigenvalue weighted by Crippen LogP contribution is 2.28. The van der Waals surface area contributed by atoms with Crippen LogP contribution in [-0.4, -0.2) is 67.4 Å². The zero-order valence-electron chi connectivity index (χ0n) is 19.6. The Bertz CT molecular complexity index is 1180. The molecule has 0 bridgehead atoms. The van der Waals surface area contributed by atoms with E-state index in [1.54, 1.807) is 38.6 Å². The number of piperazine rings is 1. The van der Waals surface area contributed by atoms with E-state index in [2.05, 4.69) is 20.5 Å². The number of anilines is 2. The Labute approximate surface area is 199 Å². The molecule has 0 unspecified atom stereocenters. The average molecular weight is 460 g/mol. The number of likely N-dealkylation sites (N-methyl/N-ethyl adjacent to an activating group) is 1. The maximum absolute atomic E-state index is 13.6. The van der Waals surface area contributed by atoms with E-state index in [0.717, 1.165) is 23.5 Å². The molecule has 1 fully saturated rings. The highest BCUT2D eigenvalue weighted by atomic mass is 16.5. The van der Waals surface area contributed by atoms with Crippen LogP contribution in [0.2, 0.25) is 0 Å². The largest absolute Gasteiger partial charge is 0.497 e. The SMILES string of the molecule is CNC(=O)c1cccc([C@H]2CN(C(=O)c3cccnc3Nc3cccc(OC)c3)CCN2C)c1. The predicted octanol–water partition coefficient (Wildman–Crippen LogP) is 3.32. The summed E-state index contributed by atoms with van der Waals surface area (Å²) >= 11 is 0. The van der Waals surface area contributed by atoms with Gasteiger partial charge in [0.1, 0.15) is 11.6 Å². The van der Waals surface area contributed by atoms with Gasteiger partial charge in [0.2, 0.25) is 0 Å². The molecular weight excluding hydrogens is 430 g/mol. The molecule has 0 radical (unpaired) electrons. The van der Waals surface area contributed by atoms with Crippen molar-refractivity contribution < 1.29 is 14.3 Å². The molecule has 0 spiro atoms. The molecule has 1 atom stereocenters. The van der Waals surface area contributed by atoms with Crippen LogP contribution in [0.1, 0.15) is 32.3 Å². The van der Waals surface area contributed by atoms with Crippen molar-refractivity contribution in [3.63, 3.8) is 0 Å². The molecule has 34 heavy (non-hydrogen) atoms. The number of hydrogen-bond acceptors (Lipinski definition) is 6. The van der Waals surface area contributed by atoms with E-state index in [0.29, 0.717) is 30.0 Å². The summed E-state index contributed by atoms with van der Waals surface area (Å²) < 4.78 is 5.29. The van der Waals surface area contributed by atoms with Gasteiger partial charge in [0.25, 0.3) is 11.8 Å². The van der Waals surface area contributed by atoms with Gasteiger partial charge >= 0.3 is 0 Å². The van der Waals surface area contributed by atoms with Gasteiger partial charge < -0.3 is 20.3 Å². The van der Waals surface area contributed by atoms with E-state index in [4.69, 9.17) is 4.74 Å². The topological polar surface area (TPSA) is 86.8 Å². The minimum Gasteiger partial charge on any atom is -0.497 e. The molecule has 176 valence electrons. The van der Waals surface area contributed by atoms with Crippen LogP contribution >= 0.6 is 0 Å². The van der Waals surface area contributed by atoms with Gasteiger partial charge in [0.05, 0.1) is 18.7 Å². The Morgan fingerprint density at radius 1 is 1.06 bits per heavy atom. The number of benzene rings is 2. The smallest absolute Gasteiger partial charge is 0.257 e. The summed E-state index contributed by atoms with van der Waals surface area (Å²) in [4.78, 5) is 34.2. The summed E-state index contributed by atoms with van der Waals surface area (Å²) in [5.41, 5.74) is 2.90. The molecule has 1 saturated heterocycles. The number of nitrogens with zero attached hydrogens (tertiary/aromatic N) is 3. The number of nitrogens with one attached hydrogen (secondary N) is 2. The van der Waals surface area contributed by atoms with Crippen LogP contribution in [-0.2, 0) is 0 Å². The maximum atomic E-state index is 13.6. The first kappa shape index (κ1) is 23.3. The lowest BCUT2D eigenvalue weighted by Gasteiger charge is -2.40. The van der Waals surface area contributed by atoms with Crippen molar-refractivity contribution in [2.45, 2.75) is 6.04 Å². The first-order chi connectivity index (χ1) is 16.5. The average Bonchev–Trinajstić information content (AvgIpc) is 2.88. The van der Waals surface area contributed by atoms with Crippen molar-refractivity contribution in [3.8, 4) is 5.75 Å². The number of ether oxygens (including phenoxy) is 1. The molecule has 8 nitrogen and oxygen atoms in total. The number of rotatable bonds is 6. The van der Waals surface area contributed by atoms with Crippen molar-refractivity contribution in [3.05, 3.63) is 83.6 Å². The Kier molecular flexibility index (Phi) is 7.08. The molecule has 8 heteroatoms. The first-order valence-corrected chi connectivity index (χ1v) is 11.2. The van der Waals surface area contributed by atoms with Gasteiger partial charge in [0.15, 0.2) is 0 Å². The molecule has 3 aromatic rings. The van der Waals surface area contributed by atoms with Gasteiger partial charge in [-0.25, -0.2) is 4.98 Å². The number of amides is 2. The number of carbonyl (C=O) groups is 2. The van der Waals surface area contributed by atoms with Crippen molar-refractivity contribution >= 4 is 23.3 Å². The standard InChI is InChI=1S/C26H29N5O3/c1-27-25(32)19-8-4-7-18(15-19)23-17-31(14-13-30(23)2)26(33)22-11-6-12-28-24(22)29-20-9-5-10-21(16-20)34-3/h4-12,15-16,23H,13-14,17H2,1-3H3,(H,27,32)(H,28,29)/t23-/m1/s1. The molecule has 2 aromatic carbocycles. The summed E-state index contributed by atoms with van der Waals surface area (Å²) in [5, 5.41) is 5.92. The number of hydrogen-bond donors (Lipinski definition) is 2. The molecule has 0 aliphatic carbocycles. The van der Waals surface area contributed by atoms with Crippen molar-refractivity contribution in [1.29, 1.82) is 0 Å². The van der Waals surface area contributed by atoms with Crippen LogP contribution in [0.3, 0.4) is 0 Å². The Balaban J connectivity index is 1.56. The molecule has 0 saturated carbocycles. The fourth-order valence-electron chi connectivity index (χ4n) is 4.13. The van der Waals surface area contributed by atoms with Gasteiger partial charge in [-0.2, -0.15) is 0 Å². The quantitative estimate of drug-likeness (QED) is 0.588. The molecule has 2 heterocycles. The lowest BCUT2D eigenvalue weighted by molar-refractivity contribution is 0.0546. The van der Waals surface area contributed by atoms with E-state index < -0.39 is 0 Å². The third-order valence-corrected chi connectivity index (χ3v) is 6.07. The zero-order valence-corrected chi connectivity index (χ0v) is 19.6. The molecule has 1 aliphatic rings. The fourth-order valence-corrected chi connectivity index (χ4v) is 4.13. The van der Waals surface area contributed by atoms with E-state index in [-0.39, 0.29) is 17.9 Å². The second kappa shape index (κ2) is 10.4. The maximum Gasteiger partial charge on any atom is 0.257 e. The lowest BCUT2D eigenvalue weighted by atomic mass is 9.99. The second-order valence-corrected chi connectivity index (χ2v) is 8.21. The minimum absolute atomic E-state index is 0.0197. The molecule has 4 rings (SSSR count). The summed E-state index contributed by atoms with van der Waals surface area (Å²) in [6.07, 6.45) is 1.66. The van der Waals surface area contributed by atoms with Crippen molar-refractivity contribution in [2.24, 2.45) is 0 Å². The fraction of sp³-hybridized carbons (Fsp3) is 0.269. The third kappa shape index (κ3) is 5.02. The van der Waals surface area contributed by atoms with Crippen molar-refractivity contribution in [2.75, 3.05) is 46.2 Å². The molecule has 2 N–H and O–H groups in total. The normalized spacial score (nSPS) is 16.1. The monoisotopic (exact) mass is 459 g/mol. The number of methoxy groups -OCH3 is 1. The van der Waals surface area contributed by atoms with Crippen LogP contribution in [0, 0.1) is 0 Å². The number of aromatic nitrogens is 1. The number of carbonyl (C=O) groups excluding carboxylic acids is 2. The third-order valence-electron chi connectivity index (χ3n) is 6.07. The van der Waals surface area contributed by atoms with Crippen LogP contribution in [0.5, 0.6) is 5.75 Å². The van der Waals surface area contributed by atoms with Gasteiger partial charge in [0, 0.05) is 50.2 Å². The van der Waals surface area contributed by atoms with Crippen LogP contribution in [0.15, 0.2) is 66.9 Å². The highest BCUT2D eigenvalue weighted by molar-refractivity contribution is 5.99. The number of pyridine rings is 1. The van der Waals surface area contributed by atoms with Gasteiger partial charge in [-0.1, -0.05) is 18.2 Å². The van der Waals surface area contributed by atoms with Gasteiger partial charge in [-0.3, -0.25) is 14.5 Å². The zero-order chi connectivity index (χ0) is 24.1. The Morgan fingerprint density at radius 2 is 1.88 bits per heavy atom. The van der Waals surface area contributed by atoms with E-state index in [1.807, 2.05) is 54.4 Å². The lowest BCUT2D eigenvalue weighted by Crippen LogP contribution is -2.49. The first-order valence-electron chi connectivity index (χ1n) is 11.2. The van der Waals surface area contributed by atoms with Crippen LogP contribution < -0.4 is 15.4 Å². The Hall–Kier alpha value is -3.91. The van der Waals surface area contributed by atoms with E-state index in [9.17, 15) is 9.59 Å². The summed E-state index contributed by atoms with van der Waals surface area (Å²) in [5.74, 6) is 1.00. The molecular formula is C26H29N5O3. The highest BCUT2D eigenvalue weighted by Gasteiger charge is 2.30. The van der Waals surface area contributed by atoms with Gasteiger partial charge in [-0.05, 0) is 49.0 Å². The van der Waals surface area contributed by atoms with Crippen molar-refractivity contribution in [1.82, 2.24) is 20.1 Å². The predicted molar refractivity (Wildman–Crippen MR) is 132 cm³/mol. The molecule has 1 aliphatic heterocycles. The van der Waals surface area contributed by atoms with E-state index in [1.165, 1.54) is 0 Å². The van der Waals surface area contributed by atoms with Crippen LogP contribution in [0.25, 0.3) is 0 Å². The van der Waals surface area contributed by atoms with E-state index >= 15 is 0 Å². The Morgan fingerprint density at radius 3 is 2.68 bits per heavy atom. The second-order valence-electron chi connectivity index (χ2n) is 8.21. The summed E-state index contributed by atoms with van der Waals surface area (Å²) in [7, 11) is 5.27. The van der Waals surface area contributed by atoms with Crippen LogP contribution in [0.4, 0.5) is 11.5 Å². The van der Waals surface area contributed by atoms with Gasteiger partial charge in [-0.15, -0.1) is 0 Å². The summed E-state index contributed by atoms with van der Waals surface area (Å²) in [6.45, 7) is 1.84.